The molecule has 0 saturated carbocycles. The first kappa shape index (κ1) is 13.4. The van der Waals surface area contributed by atoms with Gasteiger partial charge in [-0.15, -0.1) is 0 Å². The Bertz CT molecular complexity index is 555. The summed E-state index contributed by atoms with van der Waals surface area (Å²) in [5.41, 5.74) is 7.35. The lowest BCUT2D eigenvalue weighted by Gasteiger charge is -2.08. The molecule has 2 N–H and O–H groups in total. The van der Waals surface area contributed by atoms with Crippen molar-refractivity contribution in [3.63, 3.8) is 0 Å². The second-order valence-corrected chi connectivity index (χ2v) is 4.57. The minimum atomic E-state index is -0.293. The summed E-state index contributed by atoms with van der Waals surface area (Å²) in [5, 5.41) is 0. The molecule has 1 aromatic carbocycles. The molecule has 1 unspecified atom stereocenters. The number of nitrogens with zero attached hydrogens (tertiary/aromatic N) is 2. The normalized spacial score (nSPS) is 12.2. The summed E-state index contributed by atoms with van der Waals surface area (Å²) < 4.78 is 18.5. The van der Waals surface area contributed by atoms with E-state index >= 15 is 0 Å². The number of aryl methyl sites for hydroxylation is 1. The van der Waals surface area contributed by atoms with Crippen LogP contribution in [0.5, 0.6) is 11.8 Å². The number of benzene rings is 1. The predicted molar refractivity (Wildman–Crippen MR) is 70.6 cm³/mol. The number of halogens is 1. The number of nitrogens with two attached hydrogens (primary N) is 1. The number of hydrogen-bond acceptors (Lipinski definition) is 4. The Balaban J connectivity index is 2.10. The Morgan fingerprint density at radius 2 is 2.00 bits per heavy atom. The monoisotopic (exact) mass is 261 g/mol. The van der Waals surface area contributed by atoms with E-state index in [1.807, 2.05) is 6.92 Å². The van der Waals surface area contributed by atoms with Gasteiger partial charge in [0.1, 0.15) is 11.6 Å². The van der Waals surface area contributed by atoms with Crippen molar-refractivity contribution in [2.24, 2.45) is 5.73 Å². The standard InChI is InChI=1S/C14H16FN3O/c1-9-5-12(15)3-4-13(9)19-14-17-7-11(8-18-14)6-10(2)16/h3-5,7-8,10H,6,16H2,1-2H3. The van der Waals surface area contributed by atoms with E-state index in [4.69, 9.17) is 10.5 Å². The van der Waals surface area contributed by atoms with Crippen LogP contribution in [0, 0.1) is 12.7 Å². The molecule has 0 spiro atoms. The molecule has 19 heavy (non-hydrogen) atoms. The van der Waals surface area contributed by atoms with Crippen molar-refractivity contribution in [1.29, 1.82) is 0 Å². The van der Waals surface area contributed by atoms with Gasteiger partial charge in [-0.2, -0.15) is 0 Å². The van der Waals surface area contributed by atoms with Crippen LogP contribution in [0.2, 0.25) is 0 Å². The second kappa shape index (κ2) is 5.75. The van der Waals surface area contributed by atoms with Crippen molar-refractivity contribution in [2.45, 2.75) is 26.3 Å². The molecule has 100 valence electrons. The third-order valence-corrected chi connectivity index (χ3v) is 2.58. The molecule has 0 aliphatic heterocycles. The fraction of sp³-hybridized carbons (Fsp3) is 0.286. The quantitative estimate of drug-likeness (QED) is 0.919. The van der Waals surface area contributed by atoms with Gasteiger partial charge in [0, 0.05) is 18.4 Å². The summed E-state index contributed by atoms with van der Waals surface area (Å²) >= 11 is 0. The zero-order chi connectivity index (χ0) is 13.8. The van der Waals surface area contributed by atoms with E-state index in [1.54, 1.807) is 25.4 Å². The molecule has 0 fully saturated rings. The summed E-state index contributed by atoms with van der Waals surface area (Å²) in [7, 11) is 0. The van der Waals surface area contributed by atoms with Gasteiger partial charge in [0.2, 0.25) is 0 Å². The number of ether oxygens (including phenoxy) is 1. The molecule has 0 amide bonds. The van der Waals surface area contributed by atoms with Gasteiger partial charge in [0.25, 0.3) is 0 Å². The van der Waals surface area contributed by atoms with Crippen LogP contribution in [-0.2, 0) is 6.42 Å². The molecule has 2 rings (SSSR count). The number of aromatic nitrogens is 2. The Morgan fingerprint density at radius 3 is 2.58 bits per heavy atom. The van der Waals surface area contributed by atoms with Gasteiger partial charge in [-0.3, -0.25) is 0 Å². The summed E-state index contributed by atoms with van der Waals surface area (Å²) in [6, 6.07) is 4.61. The SMILES string of the molecule is Cc1cc(F)ccc1Oc1ncc(CC(C)N)cn1. The van der Waals surface area contributed by atoms with Crippen molar-refractivity contribution < 1.29 is 9.13 Å². The summed E-state index contributed by atoms with van der Waals surface area (Å²) in [6.45, 7) is 3.69. The Kier molecular flexibility index (Phi) is 4.06. The van der Waals surface area contributed by atoms with E-state index in [9.17, 15) is 4.39 Å². The zero-order valence-electron chi connectivity index (χ0n) is 10.9. The molecule has 0 radical (unpaired) electrons. The van der Waals surface area contributed by atoms with Crippen LogP contribution < -0.4 is 10.5 Å². The van der Waals surface area contributed by atoms with Gasteiger partial charge in [-0.25, -0.2) is 14.4 Å². The van der Waals surface area contributed by atoms with Gasteiger partial charge in [-0.1, -0.05) is 0 Å². The first-order chi connectivity index (χ1) is 9.04. The molecule has 0 aliphatic carbocycles. The van der Waals surface area contributed by atoms with E-state index in [0.717, 1.165) is 12.0 Å². The van der Waals surface area contributed by atoms with E-state index in [-0.39, 0.29) is 17.9 Å². The van der Waals surface area contributed by atoms with Crippen LogP contribution in [0.15, 0.2) is 30.6 Å². The van der Waals surface area contributed by atoms with Crippen LogP contribution >= 0.6 is 0 Å². The molecule has 4 nitrogen and oxygen atoms in total. The van der Waals surface area contributed by atoms with Gasteiger partial charge < -0.3 is 10.5 Å². The highest BCUT2D eigenvalue weighted by Crippen LogP contribution is 2.22. The van der Waals surface area contributed by atoms with Gasteiger partial charge in [0.05, 0.1) is 0 Å². The lowest BCUT2D eigenvalue weighted by Crippen LogP contribution is -2.17. The van der Waals surface area contributed by atoms with Gasteiger partial charge >= 0.3 is 6.01 Å². The van der Waals surface area contributed by atoms with Crippen molar-refractivity contribution in [2.75, 3.05) is 0 Å². The van der Waals surface area contributed by atoms with E-state index < -0.39 is 0 Å². The molecule has 1 atom stereocenters. The van der Waals surface area contributed by atoms with Crippen molar-refractivity contribution in [3.8, 4) is 11.8 Å². The molecule has 2 aromatic rings. The maximum atomic E-state index is 13.0. The van der Waals surface area contributed by atoms with Crippen LogP contribution in [0.25, 0.3) is 0 Å². The third kappa shape index (κ3) is 3.72. The zero-order valence-corrected chi connectivity index (χ0v) is 10.9. The number of hydrogen-bond donors (Lipinski definition) is 1. The number of rotatable bonds is 4. The fourth-order valence-electron chi connectivity index (χ4n) is 1.70. The van der Waals surface area contributed by atoms with Gasteiger partial charge in [0.15, 0.2) is 0 Å². The van der Waals surface area contributed by atoms with Crippen molar-refractivity contribution in [1.82, 2.24) is 9.97 Å². The van der Waals surface area contributed by atoms with E-state index in [1.165, 1.54) is 12.1 Å². The lowest BCUT2D eigenvalue weighted by molar-refractivity contribution is 0.436. The lowest BCUT2D eigenvalue weighted by atomic mass is 10.1. The van der Waals surface area contributed by atoms with Crippen LogP contribution in [0.3, 0.4) is 0 Å². The molecular weight excluding hydrogens is 245 g/mol. The molecule has 0 aliphatic rings. The van der Waals surface area contributed by atoms with Crippen LogP contribution in [-0.4, -0.2) is 16.0 Å². The highest BCUT2D eigenvalue weighted by atomic mass is 19.1. The summed E-state index contributed by atoms with van der Waals surface area (Å²) in [4.78, 5) is 8.22. The topological polar surface area (TPSA) is 61.0 Å². The summed E-state index contributed by atoms with van der Waals surface area (Å²) in [6.07, 6.45) is 4.09. The third-order valence-electron chi connectivity index (χ3n) is 2.58. The second-order valence-electron chi connectivity index (χ2n) is 4.57. The van der Waals surface area contributed by atoms with Crippen LogP contribution in [0.4, 0.5) is 4.39 Å². The minimum Gasteiger partial charge on any atom is -0.424 e. The average Bonchev–Trinajstić information content (AvgIpc) is 2.34. The smallest absolute Gasteiger partial charge is 0.321 e. The first-order valence-electron chi connectivity index (χ1n) is 6.05. The molecule has 1 aromatic heterocycles. The minimum absolute atomic E-state index is 0.0645. The van der Waals surface area contributed by atoms with Crippen LogP contribution in [0.1, 0.15) is 18.1 Å². The Hall–Kier alpha value is -2.01. The molecule has 0 saturated heterocycles. The fourth-order valence-corrected chi connectivity index (χ4v) is 1.70. The largest absolute Gasteiger partial charge is 0.424 e. The Labute approximate surface area is 111 Å². The van der Waals surface area contributed by atoms with E-state index in [2.05, 4.69) is 9.97 Å². The highest BCUT2D eigenvalue weighted by Gasteiger charge is 2.06. The molecular formula is C14H16FN3O. The maximum Gasteiger partial charge on any atom is 0.321 e. The molecule has 5 heteroatoms. The Morgan fingerprint density at radius 1 is 1.32 bits per heavy atom. The maximum absolute atomic E-state index is 13.0. The van der Waals surface area contributed by atoms with Crippen molar-refractivity contribution >= 4 is 0 Å². The average molecular weight is 261 g/mol. The molecule has 1 heterocycles. The molecule has 0 bridgehead atoms. The summed E-state index contributed by atoms with van der Waals surface area (Å²) in [5.74, 6) is 0.249. The predicted octanol–water partition coefficient (Wildman–Crippen LogP) is 2.61. The first-order valence-corrected chi connectivity index (χ1v) is 6.05. The van der Waals surface area contributed by atoms with Crippen molar-refractivity contribution in [3.05, 3.63) is 47.5 Å². The van der Waals surface area contributed by atoms with Gasteiger partial charge in [-0.05, 0) is 49.6 Å². The van der Waals surface area contributed by atoms with E-state index in [0.29, 0.717) is 11.3 Å². The highest BCUT2D eigenvalue weighted by molar-refractivity contribution is 5.34.